The molecule has 1 amide bonds. The van der Waals surface area contributed by atoms with Gasteiger partial charge in [-0.1, -0.05) is 0 Å². The van der Waals surface area contributed by atoms with E-state index in [4.69, 9.17) is 0 Å². The third-order valence-electron chi connectivity index (χ3n) is 5.52. The van der Waals surface area contributed by atoms with Gasteiger partial charge in [0.15, 0.2) is 0 Å². The Kier molecular flexibility index (Phi) is 4.70. The normalized spacial score (nSPS) is 29.0. The maximum absolute atomic E-state index is 13.2. The lowest BCUT2D eigenvalue weighted by Gasteiger charge is -2.41. The van der Waals surface area contributed by atoms with Crippen LogP contribution in [0.3, 0.4) is 0 Å². The van der Waals surface area contributed by atoms with Crippen LogP contribution < -0.4 is 10.2 Å². The highest BCUT2D eigenvalue weighted by molar-refractivity contribution is 5.91. The number of hydrogen-bond acceptors (Lipinski definition) is 5. The number of carbonyl (C=O) groups excluding carboxylic acids is 1. The summed E-state index contributed by atoms with van der Waals surface area (Å²) in [6, 6.07) is 0.488. The number of nitrogens with one attached hydrogen (secondary N) is 1. The van der Waals surface area contributed by atoms with Crippen molar-refractivity contribution >= 4 is 11.7 Å². The zero-order valence-corrected chi connectivity index (χ0v) is 15.8. The van der Waals surface area contributed by atoms with E-state index in [2.05, 4.69) is 39.2 Å². The molecule has 7 heteroatoms. The smallest absolute Gasteiger partial charge is 0.289 e. The highest BCUT2D eigenvalue weighted by atomic mass is 19.1. The molecule has 1 aliphatic heterocycles. The lowest BCUT2D eigenvalue weighted by Crippen LogP contribution is -2.56. The molecule has 1 saturated heterocycles. The van der Waals surface area contributed by atoms with E-state index in [-0.39, 0.29) is 11.7 Å². The second-order valence-corrected chi connectivity index (χ2v) is 7.95. The number of likely N-dealkylation sites (N-methyl/N-ethyl adjacent to an activating group) is 1. The standard InChI is InChI=1S/C18H28FN5O/c1-11-12(2)20-15(17(25)22-18(3)8-13(19)9-18)21-16(11)24-7-6-14(10-24)23(4)5/h13-14H,6-10H2,1-5H3,(H,22,25)/t13?,14-,18?/m1/s1. The van der Waals surface area contributed by atoms with Crippen LogP contribution in [0.15, 0.2) is 0 Å². The summed E-state index contributed by atoms with van der Waals surface area (Å²) in [4.78, 5) is 26.0. The van der Waals surface area contributed by atoms with Crippen LogP contribution in [-0.2, 0) is 0 Å². The molecule has 0 radical (unpaired) electrons. The summed E-state index contributed by atoms with van der Waals surface area (Å²) in [5.74, 6) is 0.696. The van der Waals surface area contributed by atoms with E-state index in [0.717, 1.165) is 36.6 Å². The number of aromatic nitrogens is 2. The van der Waals surface area contributed by atoms with Crippen LogP contribution in [0.2, 0.25) is 0 Å². The van der Waals surface area contributed by atoms with Crippen molar-refractivity contribution in [2.75, 3.05) is 32.1 Å². The molecular formula is C18H28FN5O. The van der Waals surface area contributed by atoms with Gasteiger partial charge in [0.1, 0.15) is 12.0 Å². The van der Waals surface area contributed by atoms with Gasteiger partial charge in [0.2, 0.25) is 5.82 Å². The van der Waals surface area contributed by atoms with E-state index in [9.17, 15) is 9.18 Å². The Hall–Kier alpha value is -1.76. The first-order valence-corrected chi connectivity index (χ1v) is 8.92. The molecule has 1 aromatic heterocycles. The first-order chi connectivity index (χ1) is 11.7. The molecule has 2 fully saturated rings. The van der Waals surface area contributed by atoms with Gasteiger partial charge in [-0.05, 0) is 41.3 Å². The molecule has 25 heavy (non-hydrogen) atoms. The van der Waals surface area contributed by atoms with Gasteiger partial charge in [0, 0.05) is 48.8 Å². The maximum atomic E-state index is 13.2. The Morgan fingerprint density at radius 1 is 1.32 bits per heavy atom. The van der Waals surface area contributed by atoms with Crippen molar-refractivity contribution < 1.29 is 9.18 Å². The first kappa shape index (κ1) is 18.0. The van der Waals surface area contributed by atoms with Crippen molar-refractivity contribution in [3.63, 3.8) is 0 Å². The topological polar surface area (TPSA) is 61.4 Å². The number of amides is 1. The molecule has 0 spiro atoms. The fraction of sp³-hybridized carbons (Fsp3) is 0.722. The van der Waals surface area contributed by atoms with Crippen molar-refractivity contribution in [3.8, 4) is 0 Å². The van der Waals surface area contributed by atoms with E-state index in [0.29, 0.717) is 18.9 Å². The van der Waals surface area contributed by atoms with Crippen LogP contribution in [0.1, 0.15) is 48.1 Å². The largest absolute Gasteiger partial charge is 0.355 e. The predicted octanol–water partition coefficient (Wildman–Crippen LogP) is 1.85. The molecule has 1 aliphatic carbocycles. The second-order valence-electron chi connectivity index (χ2n) is 7.95. The summed E-state index contributed by atoms with van der Waals surface area (Å²) in [6.07, 6.45) is 0.960. The molecule has 1 N–H and O–H groups in total. The second kappa shape index (κ2) is 6.52. The van der Waals surface area contributed by atoms with E-state index in [1.165, 1.54) is 0 Å². The summed E-state index contributed by atoms with van der Waals surface area (Å²) < 4.78 is 13.2. The molecular weight excluding hydrogens is 321 g/mol. The molecule has 0 aromatic carbocycles. The third-order valence-corrected chi connectivity index (χ3v) is 5.52. The van der Waals surface area contributed by atoms with Gasteiger partial charge in [-0.3, -0.25) is 4.79 Å². The molecule has 3 rings (SSSR count). The number of anilines is 1. The molecule has 6 nitrogen and oxygen atoms in total. The molecule has 1 atom stereocenters. The van der Waals surface area contributed by atoms with Gasteiger partial charge < -0.3 is 15.1 Å². The molecule has 0 unspecified atom stereocenters. The van der Waals surface area contributed by atoms with Crippen molar-refractivity contribution in [1.29, 1.82) is 0 Å². The lowest BCUT2D eigenvalue weighted by atomic mass is 9.77. The number of nitrogens with zero attached hydrogens (tertiary/aromatic N) is 4. The van der Waals surface area contributed by atoms with Gasteiger partial charge in [0.05, 0.1) is 0 Å². The third kappa shape index (κ3) is 3.61. The zero-order valence-electron chi connectivity index (χ0n) is 15.8. The quantitative estimate of drug-likeness (QED) is 0.899. The summed E-state index contributed by atoms with van der Waals surface area (Å²) in [6.45, 7) is 7.58. The fourth-order valence-electron chi connectivity index (χ4n) is 3.73. The molecule has 2 heterocycles. The SMILES string of the molecule is Cc1nc(C(=O)NC2(C)CC(F)C2)nc(N2CC[C@@H](N(C)C)C2)c1C. The minimum Gasteiger partial charge on any atom is -0.355 e. The van der Waals surface area contributed by atoms with Gasteiger partial charge in [-0.25, -0.2) is 14.4 Å². The van der Waals surface area contributed by atoms with Gasteiger partial charge >= 0.3 is 0 Å². The van der Waals surface area contributed by atoms with Crippen LogP contribution in [0.5, 0.6) is 0 Å². The molecule has 0 bridgehead atoms. The highest BCUT2D eigenvalue weighted by Gasteiger charge is 2.42. The summed E-state index contributed by atoms with van der Waals surface area (Å²) in [5.41, 5.74) is 1.34. The summed E-state index contributed by atoms with van der Waals surface area (Å²) in [5, 5.41) is 2.90. The fourth-order valence-corrected chi connectivity index (χ4v) is 3.73. The van der Waals surface area contributed by atoms with Crippen LogP contribution in [0, 0.1) is 13.8 Å². The van der Waals surface area contributed by atoms with Crippen LogP contribution in [-0.4, -0.2) is 65.7 Å². The number of alkyl halides is 1. The minimum absolute atomic E-state index is 0.176. The van der Waals surface area contributed by atoms with E-state index in [1.807, 2.05) is 20.8 Å². The minimum atomic E-state index is -0.825. The number of aryl methyl sites for hydroxylation is 1. The van der Waals surface area contributed by atoms with E-state index < -0.39 is 11.7 Å². The van der Waals surface area contributed by atoms with Crippen molar-refractivity contribution in [2.24, 2.45) is 0 Å². The monoisotopic (exact) mass is 349 g/mol. The Balaban J connectivity index is 1.80. The Labute approximate surface area is 148 Å². The Morgan fingerprint density at radius 3 is 2.56 bits per heavy atom. The van der Waals surface area contributed by atoms with Crippen molar-refractivity contribution in [2.45, 2.75) is 57.8 Å². The van der Waals surface area contributed by atoms with Crippen LogP contribution >= 0.6 is 0 Å². The number of rotatable bonds is 4. The van der Waals surface area contributed by atoms with E-state index in [1.54, 1.807) is 0 Å². The Bertz CT molecular complexity index is 672. The zero-order chi connectivity index (χ0) is 18.4. The lowest BCUT2D eigenvalue weighted by molar-refractivity contribution is 0.0619. The number of carbonyl (C=O) groups is 1. The highest BCUT2D eigenvalue weighted by Crippen LogP contribution is 2.34. The van der Waals surface area contributed by atoms with Crippen molar-refractivity contribution in [1.82, 2.24) is 20.2 Å². The van der Waals surface area contributed by atoms with Gasteiger partial charge in [-0.2, -0.15) is 0 Å². The Morgan fingerprint density at radius 2 is 2.00 bits per heavy atom. The molecule has 1 aromatic rings. The average molecular weight is 349 g/mol. The number of hydrogen-bond donors (Lipinski definition) is 1. The molecule has 2 aliphatic rings. The molecule has 138 valence electrons. The van der Waals surface area contributed by atoms with Crippen molar-refractivity contribution in [3.05, 3.63) is 17.1 Å². The van der Waals surface area contributed by atoms with Gasteiger partial charge in [-0.15, -0.1) is 0 Å². The first-order valence-electron chi connectivity index (χ1n) is 8.92. The van der Waals surface area contributed by atoms with E-state index >= 15 is 0 Å². The predicted molar refractivity (Wildman–Crippen MR) is 95.8 cm³/mol. The molecule has 1 saturated carbocycles. The van der Waals surface area contributed by atoms with Crippen LogP contribution in [0.25, 0.3) is 0 Å². The number of halogens is 1. The summed E-state index contributed by atoms with van der Waals surface area (Å²) in [7, 11) is 4.17. The maximum Gasteiger partial charge on any atom is 0.289 e. The van der Waals surface area contributed by atoms with Crippen LogP contribution in [0.4, 0.5) is 10.2 Å². The summed E-state index contributed by atoms with van der Waals surface area (Å²) >= 11 is 0. The van der Waals surface area contributed by atoms with Gasteiger partial charge in [0.25, 0.3) is 5.91 Å². The average Bonchev–Trinajstić information content (AvgIpc) is 2.98.